The van der Waals surface area contributed by atoms with Gasteiger partial charge in [0.25, 0.3) is 10.0 Å². The van der Waals surface area contributed by atoms with Gasteiger partial charge >= 0.3 is 12.1 Å². The van der Waals surface area contributed by atoms with Crippen molar-refractivity contribution < 1.29 is 53.2 Å². The fourth-order valence-electron chi connectivity index (χ4n) is 5.28. The summed E-state index contributed by atoms with van der Waals surface area (Å²) >= 11 is 0. The number of benzene rings is 3. The largest absolute Gasteiger partial charge is 0.484 e. The van der Waals surface area contributed by atoms with Crippen molar-refractivity contribution in [2.45, 2.75) is 60.5 Å². The number of halogens is 3. The molecular weight excluding hydrogens is 772 g/mol. The molecule has 0 bridgehead atoms. The van der Waals surface area contributed by atoms with Gasteiger partial charge in [-0.25, -0.2) is 30.6 Å². The van der Waals surface area contributed by atoms with E-state index in [1.165, 1.54) is 55.6 Å². The molecule has 0 radical (unpaired) electrons. The summed E-state index contributed by atoms with van der Waals surface area (Å²) < 4.78 is 123. The number of hydrogen-bond donors (Lipinski definition) is 0. The van der Waals surface area contributed by atoms with Gasteiger partial charge in [0.15, 0.2) is 23.1 Å². The van der Waals surface area contributed by atoms with Crippen LogP contribution < -0.4 is 9.47 Å². The zero-order chi connectivity index (χ0) is 39.4. The fraction of sp³-hybridized carbons (Fsp3) is 0.306. The zero-order valence-electron chi connectivity index (χ0n) is 29.5. The average Bonchev–Trinajstić information content (AvgIpc) is 3.52. The molecule has 288 valence electrons. The highest BCUT2D eigenvalue weighted by molar-refractivity contribution is 7.91. The third-order valence-corrected chi connectivity index (χ3v) is 12.9. The quantitative estimate of drug-likeness (QED) is 0.113. The number of carbonyl (C=O) groups excluding carboxylic acids is 1. The molecule has 0 saturated heterocycles. The molecule has 3 aromatic carbocycles. The molecule has 5 aromatic rings. The Morgan fingerprint density at radius 3 is 2.33 bits per heavy atom. The molecule has 0 spiro atoms. The molecule has 2 heterocycles. The summed E-state index contributed by atoms with van der Waals surface area (Å²) in [6.45, 7) is 4.25. The second kappa shape index (κ2) is 16.3. The maximum absolute atomic E-state index is 14.5. The zero-order valence-corrected chi connectivity index (χ0v) is 31.9. The Kier molecular flexibility index (Phi) is 12.2. The Bertz CT molecular complexity index is 2410. The first-order valence-corrected chi connectivity index (χ1v) is 20.8. The van der Waals surface area contributed by atoms with E-state index >= 15 is 0 Å². The van der Waals surface area contributed by atoms with Crippen molar-refractivity contribution in [1.82, 2.24) is 13.9 Å². The minimum atomic E-state index is -4.58. The highest BCUT2D eigenvalue weighted by Crippen LogP contribution is 2.33. The van der Waals surface area contributed by atoms with Gasteiger partial charge in [-0.3, -0.25) is 9.19 Å². The van der Waals surface area contributed by atoms with Crippen LogP contribution in [0.1, 0.15) is 42.1 Å². The number of nitrogens with zero attached hydrogens (tertiary/aromatic N) is 3. The number of carbonyl (C=O) groups is 1. The molecular formula is C36H36F3N3O9S3. The van der Waals surface area contributed by atoms with E-state index in [2.05, 4.69) is 9.97 Å². The Balaban J connectivity index is 1.36. The maximum atomic E-state index is 14.5. The monoisotopic (exact) mass is 807 g/mol. The standard InChI is InChI=1S/C36H36F3N3O9S3/c1-23(2)28-19-26(50-20-34(43)49-17-18-53(45,46)27-12-9-24(3)10-13-27)11-14-33(28)54(47,48)42-31-8-6-5-7-29(31)41-35(42)52(44)21-30-25(4)32(15-16-40-30)51-22-36(37,38)39/h5-16,19,23H,17-18,20-22H2,1-4H3. The van der Waals surface area contributed by atoms with Gasteiger partial charge in [-0.05, 0) is 73.9 Å². The highest BCUT2D eigenvalue weighted by atomic mass is 32.2. The lowest BCUT2D eigenvalue weighted by Crippen LogP contribution is -2.21. The number of pyridine rings is 1. The molecule has 0 aliphatic carbocycles. The van der Waals surface area contributed by atoms with Crippen LogP contribution >= 0.6 is 0 Å². The Morgan fingerprint density at radius 1 is 0.944 bits per heavy atom. The molecule has 0 saturated carbocycles. The number of alkyl halides is 3. The smallest absolute Gasteiger partial charge is 0.422 e. The second-order valence-electron chi connectivity index (χ2n) is 12.4. The SMILES string of the molecule is Cc1ccc(S(=O)(=O)CCOC(=O)COc2ccc(S(=O)(=O)n3c(S(=O)Cc4nccc(OCC(F)(F)F)c4C)nc4ccccc43)c(C(C)C)c2)cc1. The predicted molar refractivity (Wildman–Crippen MR) is 193 cm³/mol. The summed E-state index contributed by atoms with van der Waals surface area (Å²) in [7, 11) is -10.4. The normalized spacial score (nSPS) is 12.9. The van der Waals surface area contributed by atoms with Crippen LogP contribution in [-0.4, -0.2) is 72.7 Å². The van der Waals surface area contributed by atoms with E-state index in [1.54, 1.807) is 44.2 Å². The van der Waals surface area contributed by atoms with Gasteiger partial charge in [0.1, 0.15) is 18.1 Å². The number of aryl methyl sites for hydroxylation is 1. The van der Waals surface area contributed by atoms with E-state index in [9.17, 15) is 39.0 Å². The summed E-state index contributed by atoms with van der Waals surface area (Å²) in [4.78, 5) is 20.9. The van der Waals surface area contributed by atoms with Gasteiger partial charge in [0, 0.05) is 11.8 Å². The Labute approximate surface area is 312 Å². The first kappa shape index (κ1) is 40.4. The van der Waals surface area contributed by atoms with Crippen molar-refractivity contribution in [3.8, 4) is 11.5 Å². The van der Waals surface area contributed by atoms with E-state index in [1.807, 2.05) is 6.92 Å². The van der Waals surface area contributed by atoms with E-state index in [4.69, 9.17) is 14.2 Å². The van der Waals surface area contributed by atoms with Crippen LogP contribution in [0.4, 0.5) is 13.2 Å². The van der Waals surface area contributed by atoms with Gasteiger partial charge in [0.2, 0.25) is 5.16 Å². The van der Waals surface area contributed by atoms with Crippen LogP contribution in [0.15, 0.2) is 93.9 Å². The number of fused-ring (bicyclic) bond motifs is 1. The molecule has 0 aliphatic heterocycles. The number of ether oxygens (including phenoxy) is 3. The number of esters is 1. The molecule has 12 nitrogen and oxygen atoms in total. The molecule has 1 unspecified atom stereocenters. The number of imidazole rings is 1. The van der Waals surface area contributed by atoms with Crippen molar-refractivity contribution in [2.75, 3.05) is 25.6 Å². The van der Waals surface area contributed by atoms with Crippen LogP contribution in [0, 0.1) is 13.8 Å². The van der Waals surface area contributed by atoms with Crippen molar-refractivity contribution in [2.24, 2.45) is 0 Å². The fourth-order valence-corrected chi connectivity index (χ4v) is 9.75. The molecule has 1 atom stereocenters. The van der Waals surface area contributed by atoms with Crippen molar-refractivity contribution in [3.05, 3.63) is 101 Å². The second-order valence-corrected chi connectivity index (χ2v) is 17.6. The summed E-state index contributed by atoms with van der Waals surface area (Å²) in [6, 6.07) is 17.9. The van der Waals surface area contributed by atoms with Crippen LogP contribution in [0.5, 0.6) is 11.5 Å². The average molecular weight is 808 g/mol. The molecule has 5 rings (SSSR count). The van der Waals surface area contributed by atoms with Crippen LogP contribution in [-0.2, 0) is 45.9 Å². The number of sulfone groups is 1. The van der Waals surface area contributed by atoms with E-state index in [0.29, 0.717) is 5.56 Å². The van der Waals surface area contributed by atoms with Crippen LogP contribution in [0.2, 0.25) is 0 Å². The highest BCUT2D eigenvalue weighted by Gasteiger charge is 2.32. The molecule has 18 heteroatoms. The van der Waals surface area contributed by atoms with Crippen molar-refractivity contribution in [1.29, 1.82) is 0 Å². The van der Waals surface area contributed by atoms with E-state index in [-0.39, 0.29) is 54.5 Å². The summed E-state index contributed by atoms with van der Waals surface area (Å²) in [6.07, 6.45) is -3.38. The van der Waals surface area contributed by atoms with Crippen molar-refractivity contribution in [3.63, 3.8) is 0 Å². The predicted octanol–water partition coefficient (Wildman–Crippen LogP) is 6.05. The minimum absolute atomic E-state index is 0.106. The Hall–Kier alpha value is -4.81. The first-order valence-electron chi connectivity index (χ1n) is 16.3. The van der Waals surface area contributed by atoms with Gasteiger partial charge in [0.05, 0.1) is 48.8 Å². The van der Waals surface area contributed by atoms with Crippen molar-refractivity contribution >= 4 is 47.7 Å². The van der Waals surface area contributed by atoms with E-state index in [0.717, 1.165) is 9.54 Å². The van der Waals surface area contributed by atoms with Gasteiger partial charge < -0.3 is 14.2 Å². The lowest BCUT2D eigenvalue weighted by atomic mass is 10.0. The molecule has 0 N–H and O–H groups in total. The first-order chi connectivity index (χ1) is 25.4. The molecule has 54 heavy (non-hydrogen) atoms. The van der Waals surface area contributed by atoms with Crippen LogP contribution in [0.25, 0.3) is 11.0 Å². The number of hydrogen-bond acceptors (Lipinski definition) is 11. The van der Waals surface area contributed by atoms with E-state index < -0.39 is 74.3 Å². The minimum Gasteiger partial charge on any atom is -0.484 e. The van der Waals surface area contributed by atoms with Gasteiger partial charge in [-0.1, -0.05) is 43.7 Å². The third-order valence-electron chi connectivity index (χ3n) is 8.09. The number of para-hydroxylation sites is 2. The molecule has 0 amide bonds. The summed E-state index contributed by atoms with van der Waals surface area (Å²) in [5.74, 6) is -2.02. The van der Waals surface area contributed by atoms with Gasteiger partial charge in [-0.15, -0.1) is 0 Å². The third kappa shape index (κ3) is 9.46. The molecule has 0 fully saturated rings. The van der Waals surface area contributed by atoms with Crippen LogP contribution in [0.3, 0.4) is 0 Å². The van der Waals surface area contributed by atoms with Gasteiger partial charge in [-0.2, -0.15) is 13.2 Å². The lowest BCUT2D eigenvalue weighted by Gasteiger charge is -2.17. The molecule has 0 aliphatic rings. The summed E-state index contributed by atoms with van der Waals surface area (Å²) in [5.41, 5.74) is 1.88. The Morgan fingerprint density at radius 2 is 1.65 bits per heavy atom. The number of rotatable bonds is 15. The topological polar surface area (TPSA) is 161 Å². The molecule has 2 aromatic heterocycles. The maximum Gasteiger partial charge on any atom is 0.422 e. The lowest BCUT2D eigenvalue weighted by molar-refractivity contribution is -0.153. The summed E-state index contributed by atoms with van der Waals surface area (Å²) in [5, 5.41) is -0.332. The number of aromatic nitrogens is 3.